The maximum absolute atomic E-state index is 13.7. The smallest absolute Gasteiger partial charge is 0.375 e. The third-order valence-corrected chi connectivity index (χ3v) is 4.86. The van der Waals surface area contributed by atoms with Gasteiger partial charge in [0.15, 0.2) is 5.13 Å². The van der Waals surface area contributed by atoms with E-state index < -0.39 is 17.6 Å². The van der Waals surface area contributed by atoms with Crippen molar-refractivity contribution in [3.05, 3.63) is 29.6 Å². The first-order valence-electron chi connectivity index (χ1n) is 7.32. The number of hydrogen-bond acceptors (Lipinski definition) is 5. The first kappa shape index (κ1) is 17.0. The number of thiazole rings is 1. The molecular weight excluding hydrogens is 344 g/mol. The van der Waals surface area contributed by atoms with Crippen LogP contribution in [0.1, 0.15) is 5.56 Å². The van der Waals surface area contributed by atoms with Gasteiger partial charge in [0, 0.05) is 31.7 Å². The van der Waals surface area contributed by atoms with Gasteiger partial charge in [0.25, 0.3) is 0 Å². The molecule has 2 aromatic rings. The van der Waals surface area contributed by atoms with Crippen molar-refractivity contribution in [1.82, 2.24) is 9.88 Å². The van der Waals surface area contributed by atoms with E-state index in [4.69, 9.17) is 5.73 Å². The Morgan fingerprint density at radius 1 is 1.12 bits per heavy atom. The Bertz CT molecular complexity index is 736. The highest BCUT2D eigenvalue weighted by Gasteiger charge is 2.32. The molecule has 0 bridgehead atoms. The minimum Gasteiger partial charge on any atom is -0.375 e. The van der Waals surface area contributed by atoms with Crippen LogP contribution in [0, 0.1) is 5.82 Å². The second-order valence-corrected chi connectivity index (χ2v) is 6.73. The quantitative estimate of drug-likeness (QED) is 0.835. The molecule has 0 amide bonds. The molecule has 0 spiro atoms. The monoisotopic (exact) mass is 360 g/mol. The molecule has 1 fully saturated rings. The molecule has 2 heterocycles. The topological polar surface area (TPSA) is 45.4 Å². The van der Waals surface area contributed by atoms with Crippen LogP contribution >= 0.6 is 11.3 Å². The van der Waals surface area contributed by atoms with Crippen molar-refractivity contribution >= 4 is 21.5 Å². The van der Waals surface area contributed by atoms with Crippen LogP contribution in [-0.2, 0) is 6.18 Å². The fraction of sp³-hybridized carbons (Fsp3) is 0.400. The van der Waals surface area contributed by atoms with Crippen LogP contribution in [0.3, 0.4) is 0 Å². The van der Waals surface area contributed by atoms with Crippen molar-refractivity contribution in [2.75, 3.05) is 43.9 Å². The predicted molar refractivity (Wildman–Crippen MR) is 86.6 cm³/mol. The molecule has 1 aliphatic rings. The van der Waals surface area contributed by atoms with Crippen LogP contribution in [0.15, 0.2) is 18.2 Å². The summed E-state index contributed by atoms with van der Waals surface area (Å²) in [6.45, 7) is 3.08. The van der Waals surface area contributed by atoms with Gasteiger partial charge in [-0.2, -0.15) is 13.2 Å². The van der Waals surface area contributed by atoms with Gasteiger partial charge >= 0.3 is 6.18 Å². The molecular formula is C15H16F4N4S. The van der Waals surface area contributed by atoms with Gasteiger partial charge < -0.3 is 15.5 Å². The van der Waals surface area contributed by atoms with E-state index in [-0.39, 0.29) is 10.7 Å². The van der Waals surface area contributed by atoms with Gasteiger partial charge in [-0.15, -0.1) is 0 Å². The van der Waals surface area contributed by atoms with Gasteiger partial charge in [-0.25, -0.2) is 9.37 Å². The number of nitrogen functional groups attached to an aromatic ring is 1. The number of likely N-dealkylation sites (N-methyl/N-ethyl adjacent to an activating group) is 1. The van der Waals surface area contributed by atoms with E-state index in [1.807, 2.05) is 11.9 Å². The second kappa shape index (κ2) is 6.21. The Balaban J connectivity index is 2.03. The van der Waals surface area contributed by atoms with E-state index in [0.29, 0.717) is 29.9 Å². The van der Waals surface area contributed by atoms with Crippen LogP contribution in [0.2, 0.25) is 0 Å². The standard InChI is InChI=1S/C15H16F4N4S/c1-22-2-4-23(5-3-22)13-12(21-14(20)24-13)9-6-10(15(17,18)19)8-11(16)7-9/h6-8H,2-5H2,1H3,(H2,20,21). The van der Waals surface area contributed by atoms with Gasteiger partial charge in [0.2, 0.25) is 0 Å². The van der Waals surface area contributed by atoms with Gasteiger partial charge in [0.1, 0.15) is 16.5 Å². The molecule has 3 rings (SSSR count). The van der Waals surface area contributed by atoms with Crippen molar-refractivity contribution in [3.8, 4) is 11.3 Å². The van der Waals surface area contributed by atoms with Crippen LogP contribution < -0.4 is 10.6 Å². The SMILES string of the molecule is CN1CCN(c2sc(N)nc2-c2cc(F)cc(C(F)(F)F)c2)CC1. The number of piperazine rings is 1. The zero-order chi connectivity index (χ0) is 17.5. The Labute approximate surface area is 140 Å². The van der Waals surface area contributed by atoms with Crippen molar-refractivity contribution in [2.24, 2.45) is 0 Å². The highest BCUT2D eigenvalue weighted by atomic mass is 32.1. The summed E-state index contributed by atoms with van der Waals surface area (Å²) in [5.74, 6) is -0.948. The van der Waals surface area contributed by atoms with Crippen LogP contribution in [-0.4, -0.2) is 43.1 Å². The molecule has 4 nitrogen and oxygen atoms in total. The normalized spacial score (nSPS) is 16.6. The third-order valence-electron chi connectivity index (χ3n) is 3.91. The molecule has 24 heavy (non-hydrogen) atoms. The molecule has 1 aromatic heterocycles. The molecule has 0 unspecified atom stereocenters. The largest absolute Gasteiger partial charge is 0.416 e. The molecule has 0 radical (unpaired) electrons. The molecule has 0 saturated carbocycles. The highest BCUT2D eigenvalue weighted by Crippen LogP contribution is 2.40. The van der Waals surface area contributed by atoms with E-state index >= 15 is 0 Å². The molecule has 9 heteroatoms. The molecule has 1 saturated heterocycles. The molecule has 0 aliphatic carbocycles. The fourth-order valence-corrected chi connectivity index (χ4v) is 3.54. The highest BCUT2D eigenvalue weighted by molar-refractivity contribution is 7.19. The Kier molecular flexibility index (Phi) is 4.39. The Morgan fingerprint density at radius 3 is 2.42 bits per heavy atom. The minimum atomic E-state index is -4.62. The van der Waals surface area contributed by atoms with Crippen LogP contribution in [0.25, 0.3) is 11.3 Å². The molecule has 130 valence electrons. The lowest BCUT2D eigenvalue weighted by Crippen LogP contribution is -2.44. The van der Waals surface area contributed by atoms with Gasteiger partial charge in [-0.1, -0.05) is 11.3 Å². The second-order valence-electron chi connectivity index (χ2n) is 5.72. The zero-order valence-electron chi connectivity index (χ0n) is 12.9. The van der Waals surface area contributed by atoms with Crippen molar-refractivity contribution < 1.29 is 17.6 Å². The summed E-state index contributed by atoms with van der Waals surface area (Å²) in [7, 11) is 2.00. The summed E-state index contributed by atoms with van der Waals surface area (Å²) in [6.07, 6.45) is -4.62. The minimum absolute atomic E-state index is 0.0872. The van der Waals surface area contributed by atoms with E-state index in [9.17, 15) is 17.6 Å². The molecule has 2 N–H and O–H groups in total. The first-order chi connectivity index (χ1) is 11.2. The summed E-state index contributed by atoms with van der Waals surface area (Å²) < 4.78 is 52.5. The van der Waals surface area contributed by atoms with E-state index in [1.165, 1.54) is 11.3 Å². The van der Waals surface area contributed by atoms with Gasteiger partial charge in [-0.05, 0) is 25.2 Å². The van der Waals surface area contributed by atoms with Gasteiger partial charge in [0.05, 0.1) is 5.56 Å². The third kappa shape index (κ3) is 3.46. The predicted octanol–water partition coefficient (Wildman–Crippen LogP) is 3.30. The fourth-order valence-electron chi connectivity index (χ4n) is 2.63. The number of nitrogens with zero attached hydrogens (tertiary/aromatic N) is 3. The summed E-state index contributed by atoms with van der Waals surface area (Å²) in [4.78, 5) is 8.33. The number of anilines is 2. The number of nitrogens with two attached hydrogens (primary N) is 1. The van der Waals surface area contributed by atoms with Gasteiger partial charge in [-0.3, -0.25) is 0 Å². The van der Waals surface area contributed by atoms with Crippen molar-refractivity contribution in [3.63, 3.8) is 0 Å². The number of benzene rings is 1. The molecule has 0 atom stereocenters. The number of hydrogen-bond donors (Lipinski definition) is 1. The number of alkyl halides is 3. The maximum Gasteiger partial charge on any atom is 0.416 e. The Hall–Kier alpha value is -1.87. The maximum atomic E-state index is 13.7. The van der Waals surface area contributed by atoms with Crippen LogP contribution in [0.5, 0.6) is 0 Å². The summed E-state index contributed by atoms with van der Waals surface area (Å²) >= 11 is 1.21. The lowest BCUT2D eigenvalue weighted by molar-refractivity contribution is -0.137. The van der Waals surface area contributed by atoms with E-state index in [1.54, 1.807) is 0 Å². The Morgan fingerprint density at radius 2 is 1.79 bits per heavy atom. The first-order valence-corrected chi connectivity index (χ1v) is 8.13. The van der Waals surface area contributed by atoms with Crippen LogP contribution in [0.4, 0.5) is 27.7 Å². The summed E-state index contributed by atoms with van der Waals surface area (Å²) in [6, 6.07) is 2.45. The lowest BCUT2D eigenvalue weighted by atomic mass is 10.1. The molecule has 1 aromatic carbocycles. The van der Waals surface area contributed by atoms with E-state index in [2.05, 4.69) is 9.88 Å². The summed E-state index contributed by atoms with van der Waals surface area (Å²) in [5.41, 5.74) is 5.12. The van der Waals surface area contributed by atoms with Crippen molar-refractivity contribution in [1.29, 1.82) is 0 Å². The summed E-state index contributed by atoms with van der Waals surface area (Å²) in [5, 5.41) is 0.927. The zero-order valence-corrected chi connectivity index (χ0v) is 13.7. The molecule has 1 aliphatic heterocycles. The average molecular weight is 360 g/mol. The lowest BCUT2D eigenvalue weighted by Gasteiger charge is -2.33. The average Bonchev–Trinajstić information content (AvgIpc) is 2.88. The van der Waals surface area contributed by atoms with Crippen molar-refractivity contribution in [2.45, 2.75) is 6.18 Å². The number of aromatic nitrogens is 1. The number of rotatable bonds is 2. The van der Waals surface area contributed by atoms with E-state index in [0.717, 1.165) is 25.2 Å². The number of halogens is 4.